The Bertz CT molecular complexity index is 654. The zero-order valence-corrected chi connectivity index (χ0v) is 15.0. The first-order valence-electron chi connectivity index (χ1n) is 7.74. The largest absolute Gasteiger partial charge is 0.416 e. The van der Waals surface area contributed by atoms with Crippen molar-refractivity contribution in [2.45, 2.75) is 51.7 Å². The molecule has 1 aromatic carbocycles. The van der Waals surface area contributed by atoms with E-state index in [9.17, 15) is 4.79 Å². The van der Waals surface area contributed by atoms with Crippen LogP contribution < -0.4 is 5.32 Å². The minimum Gasteiger partial charge on any atom is -0.416 e. The number of hydrogen-bond donors (Lipinski definition) is 1. The quantitative estimate of drug-likeness (QED) is 0.796. The summed E-state index contributed by atoms with van der Waals surface area (Å²) in [6.07, 6.45) is 0. The smallest absolute Gasteiger partial charge is 0.277 e. The van der Waals surface area contributed by atoms with Gasteiger partial charge in [0.25, 0.3) is 5.22 Å². The normalized spacial score (nSPS) is 11.3. The summed E-state index contributed by atoms with van der Waals surface area (Å²) in [6, 6.07) is 6.19. The second kappa shape index (κ2) is 7.64. The molecule has 0 saturated heterocycles. The Morgan fingerprint density at radius 3 is 2.26 bits per heavy atom. The second-order valence-corrected chi connectivity index (χ2v) is 6.97. The average Bonchev–Trinajstić information content (AvgIpc) is 2.90. The molecule has 0 fully saturated rings. The molecule has 0 radical (unpaired) electrons. The van der Waals surface area contributed by atoms with E-state index in [1.165, 1.54) is 11.8 Å². The number of aryl methyl sites for hydroxylation is 1. The van der Waals surface area contributed by atoms with Crippen LogP contribution in [-0.4, -0.2) is 21.9 Å². The number of nitrogens with one attached hydrogen (secondary N) is 1. The lowest BCUT2D eigenvalue weighted by Crippen LogP contribution is -2.17. The van der Waals surface area contributed by atoms with E-state index in [2.05, 4.69) is 61.4 Å². The third-order valence-corrected chi connectivity index (χ3v) is 4.29. The zero-order valence-electron chi connectivity index (χ0n) is 14.2. The molecule has 6 heteroatoms. The van der Waals surface area contributed by atoms with Crippen molar-refractivity contribution in [3.63, 3.8) is 0 Å². The fourth-order valence-corrected chi connectivity index (χ4v) is 2.94. The van der Waals surface area contributed by atoms with Crippen molar-refractivity contribution in [3.05, 3.63) is 35.2 Å². The zero-order chi connectivity index (χ0) is 17.0. The fourth-order valence-electron chi connectivity index (χ4n) is 2.33. The minimum atomic E-state index is -0.0687. The fraction of sp³-hybridized carbons (Fsp3) is 0.471. The molecule has 1 N–H and O–H groups in total. The highest BCUT2D eigenvalue weighted by atomic mass is 32.2. The molecule has 23 heavy (non-hydrogen) atoms. The number of para-hydroxylation sites is 1. The molecule has 2 rings (SSSR count). The van der Waals surface area contributed by atoms with Crippen LogP contribution in [-0.2, 0) is 4.79 Å². The Kier molecular flexibility index (Phi) is 5.82. The number of hydrogen-bond acceptors (Lipinski definition) is 5. The molecule has 0 bridgehead atoms. The van der Waals surface area contributed by atoms with Crippen LogP contribution in [0.4, 0.5) is 5.69 Å². The summed E-state index contributed by atoms with van der Waals surface area (Å²) >= 11 is 1.24. The van der Waals surface area contributed by atoms with E-state index in [0.717, 1.165) is 16.8 Å². The first kappa shape index (κ1) is 17.5. The van der Waals surface area contributed by atoms with Crippen molar-refractivity contribution in [3.8, 4) is 0 Å². The van der Waals surface area contributed by atoms with Gasteiger partial charge in [0.15, 0.2) is 0 Å². The molecule has 1 amide bonds. The topological polar surface area (TPSA) is 68.0 Å². The molecular formula is C17H23N3O2S. The lowest BCUT2D eigenvalue weighted by molar-refractivity contribution is -0.113. The third kappa shape index (κ3) is 4.58. The number of amides is 1. The lowest BCUT2D eigenvalue weighted by Gasteiger charge is -2.20. The van der Waals surface area contributed by atoms with Gasteiger partial charge < -0.3 is 9.73 Å². The molecule has 1 heterocycles. The molecule has 0 aliphatic heterocycles. The molecule has 0 aliphatic carbocycles. The van der Waals surface area contributed by atoms with Crippen LogP contribution in [0.1, 0.15) is 56.5 Å². The highest BCUT2D eigenvalue weighted by Crippen LogP contribution is 2.32. The van der Waals surface area contributed by atoms with Crippen molar-refractivity contribution in [1.29, 1.82) is 0 Å². The van der Waals surface area contributed by atoms with Crippen molar-refractivity contribution >= 4 is 23.4 Å². The van der Waals surface area contributed by atoms with Gasteiger partial charge >= 0.3 is 0 Å². The Hall–Kier alpha value is -1.82. The Morgan fingerprint density at radius 1 is 1.17 bits per heavy atom. The molecule has 0 spiro atoms. The Labute approximate surface area is 141 Å². The summed E-state index contributed by atoms with van der Waals surface area (Å²) < 4.78 is 5.27. The van der Waals surface area contributed by atoms with Gasteiger partial charge in [-0.3, -0.25) is 4.79 Å². The van der Waals surface area contributed by atoms with E-state index in [1.54, 1.807) is 6.92 Å². The van der Waals surface area contributed by atoms with E-state index >= 15 is 0 Å². The number of thioether (sulfide) groups is 1. The van der Waals surface area contributed by atoms with Crippen LogP contribution in [0.15, 0.2) is 27.8 Å². The number of rotatable bonds is 6. The first-order valence-corrected chi connectivity index (χ1v) is 8.72. The SMILES string of the molecule is Cc1nnc(SCC(=O)Nc2c(C(C)C)cccc2C(C)C)o1. The van der Waals surface area contributed by atoms with Gasteiger partial charge in [0, 0.05) is 12.6 Å². The predicted octanol–water partition coefficient (Wildman–Crippen LogP) is 4.36. The number of anilines is 1. The van der Waals surface area contributed by atoms with Crippen molar-refractivity contribution < 1.29 is 9.21 Å². The number of carbonyl (C=O) groups is 1. The number of carbonyl (C=O) groups excluding carboxylic acids is 1. The Balaban J connectivity index is 2.12. The molecule has 5 nitrogen and oxygen atoms in total. The molecule has 0 aliphatic rings. The highest BCUT2D eigenvalue weighted by molar-refractivity contribution is 7.99. The Morgan fingerprint density at radius 2 is 1.78 bits per heavy atom. The minimum absolute atomic E-state index is 0.0687. The molecular weight excluding hydrogens is 310 g/mol. The van der Waals surface area contributed by atoms with Crippen LogP contribution in [0.2, 0.25) is 0 Å². The van der Waals surface area contributed by atoms with E-state index in [0.29, 0.717) is 22.9 Å². The van der Waals surface area contributed by atoms with Gasteiger partial charge in [0.1, 0.15) is 0 Å². The predicted molar refractivity (Wildman–Crippen MR) is 93.0 cm³/mol. The summed E-state index contributed by atoms with van der Waals surface area (Å²) in [4.78, 5) is 12.3. The second-order valence-electron chi connectivity index (χ2n) is 6.04. The summed E-state index contributed by atoms with van der Waals surface area (Å²) in [7, 11) is 0. The van der Waals surface area contributed by atoms with Gasteiger partial charge in [-0.15, -0.1) is 10.2 Å². The standard InChI is InChI=1S/C17H23N3O2S/c1-10(2)13-7-6-8-14(11(3)4)16(13)18-15(21)9-23-17-20-19-12(5)22-17/h6-8,10-11H,9H2,1-5H3,(H,18,21). The van der Waals surface area contributed by atoms with Gasteiger partial charge in [0.2, 0.25) is 11.8 Å². The molecule has 2 aromatic rings. The van der Waals surface area contributed by atoms with Crippen molar-refractivity contribution in [2.75, 3.05) is 11.1 Å². The van der Waals surface area contributed by atoms with Crippen molar-refractivity contribution in [1.82, 2.24) is 10.2 Å². The van der Waals surface area contributed by atoms with Crippen LogP contribution in [0.25, 0.3) is 0 Å². The van der Waals surface area contributed by atoms with Crippen LogP contribution in [0, 0.1) is 6.92 Å². The number of benzene rings is 1. The van der Waals surface area contributed by atoms with Gasteiger partial charge in [0.05, 0.1) is 5.75 Å². The molecule has 0 saturated carbocycles. The molecule has 1 aromatic heterocycles. The van der Waals surface area contributed by atoms with Gasteiger partial charge in [-0.05, 0) is 23.0 Å². The molecule has 0 unspecified atom stereocenters. The van der Waals surface area contributed by atoms with E-state index < -0.39 is 0 Å². The van der Waals surface area contributed by atoms with Crippen LogP contribution in [0.3, 0.4) is 0 Å². The average molecular weight is 333 g/mol. The lowest BCUT2D eigenvalue weighted by atomic mass is 9.92. The number of nitrogens with zero attached hydrogens (tertiary/aromatic N) is 2. The van der Waals surface area contributed by atoms with Gasteiger partial charge in [-0.1, -0.05) is 57.7 Å². The maximum Gasteiger partial charge on any atom is 0.277 e. The molecule has 0 atom stereocenters. The van der Waals surface area contributed by atoms with E-state index in [1.807, 2.05) is 0 Å². The summed E-state index contributed by atoms with van der Waals surface area (Å²) in [6.45, 7) is 10.2. The molecule has 124 valence electrons. The van der Waals surface area contributed by atoms with E-state index in [-0.39, 0.29) is 11.7 Å². The first-order chi connectivity index (χ1) is 10.9. The maximum absolute atomic E-state index is 12.3. The summed E-state index contributed by atoms with van der Waals surface area (Å²) in [5.74, 6) is 1.36. The third-order valence-electron chi connectivity index (χ3n) is 3.47. The number of aromatic nitrogens is 2. The van der Waals surface area contributed by atoms with E-state index in [4.69, 9.17) is 4.42 Å². The monoisotopic (exact) mass is 333 g/mol. The maximum atomic E-state index is 12.3. The summed E-state index contributed by atoms with van der Waals surface area (Å²) in [5, 5.41) is 11.1. The summed E-state index contributed by atoms with van der Waals surface area (Å²) in [5.41, 5.74) is 3.25. The van der Waals surface area contributed by atoms with Gasteiger partial charge in [-0.25, -0.2) is 0 Å². The van der Waals surface area contributed by atoms with Gasteiger partial charge in [-0.2, -0.15) is 0 Å². The van der Waals surface area contributed by atoms with Crippen LogP contribution >= 0.6 is 11.8 Å². The van der Waals surface area contributed by atoms with Crippen LogP contribution in [0.5, 0.6) is 0 Å². The highest BCUT2D eigenvalue weighted by Gasteiger charge is 2.16. The van der Waals surface area contributed by atoms with Crippen molar-refractivity contribution in [2.24, 2.45) is 0 Å².